The summed E-state index contributed by atoms with van der Waals surface area (Å²) in [5.74, 6) is 0.582. The van der Waals surface area contributed by atoms with Crippen LogP contribution < -0.4 is 0 Å². The molecule has 3 heteroatoms. The molecular weight excluding hydrogens is 320 g/mol. The van der Waals surface area contributed by atoms with Crippen molar-refractivity contribution in [2.45, 2.75) is 71.6 Å². The molecule has 4 fully saturated rings. The SMILES string of the molecule is CCCC12CN3CC(CCC)(CN(C1)C3c1ccc(C(C)C)cc1)C2O. The van der Waals surface area contributed by atoms with Crippen LogP contribution in [0.5, 0.6) is 0 Å². The fourth-order valence-corrected chi connectivity index (χ4v) is 6.46. The number of piperidine rings is 2. The summed E-state index contributed by atoms with van der Waals surface area (Å²) in [6.45, 7) is 13.3. The van der Waals surface area contributed by atoms with E-state index in [1.807, 2.05) is 0 Å². The van der Waals surface area contributed by atoms with E-state index in [1.165, 1.54) is 11.1 Å². The van der Waals surface area contributed by atoms with Crippen LogP contribution in [0.15, 0.2) is 24.3 Å². The molecule has 144 valence electrons. The van der Waals surface area contributed by atoms with E-state index in [1.54, 1.807) is 0 Å². The molecule has 1 aromatic rings. The molecule has 0 saturated carbocycles. The van der Waals surface area contributed by atoms with Gasteiger partial charge in [0.2, 0.25) is 0 Å². The molecule has 0 aliphatic carbocycles. The smallest absolute Gasteiger partial charge is 0.0887 e. The van der Waals surface area contributed by atoms with E-state index in [9.17, 15) is 5.11 Å². The van der Waals surface area contributed by atoms with Crippen molar-refractivity contribution in [3.8, 4) is 0 Å². The molecule has 4 bridgehead atoms. The molecule has 4 saturated heterocycles. The third-order valence-corrected chi connectivity index (χ3v) is 7.32. The number of benzene rings is 1. The molecule has 26 heavy (non-hydrogen) atoms. The highest BCUT2D eigenvalue weighted by molar-refractivity contribution is 5.29. The molecule has 0 atom stereocenters. The average Bonchev–Trinajstić information content (AvgIpc) is 2.59. The van der Waals surface area contributed by atoms with Gasteiger partial charge in [-0.2, -0.15) is 0 Å². The lowest BCUT2D eigenvalue weighted by molar-refractivity contribution is -0.268. The van der Waals surface area contributed by atoms with E-state index in [0.29, 0.717) is 12.1 Å². The van der Waals surface area contributed by atoms with E-state index >= 15 is 0 Å². The zero-order valence-corrected chi connectivity index (χ0v) is 17.0. The maximum absolute atomic E-state index is 11.4. The van der Waals surface area contributed by atoms with E-state index in [0.717, 1.165) is 51.9 Å². The van der Waals surface area contributed by atoms with Gasteiger partial charge in [0, 0.05) is 37.0 Å². The number of nitrogens with zero attached hydrogens (tertiary/aromatic N) is 2. The molecule has 0 aromatic heterocycles. The number of aliphatic hydroxyl groups excluding tert-OH is 1. The first-order chi connectivity index (χ1) is 12.4. The summed E-state index contributed by atoms with van der Waals surface area (Å²) in [6.07, 6.45) is 4.88. The van der Waals surface area contributed by atoms with Crippen molar-refractivity contribution in [3.05, 3.63) is 35.4 Å². The van der Waals surface area contributed by atoms with Crippen molar-refractivity contribution in [2.75, 3.05) is 26.2 Å². The quantitative estimate of drug-likeness (QED) is 0.819. The molecule has 0 unspecified atom stereocenters. The first-order valence-electron chi connectivity index (χ1n) is 10.7. The van der Waals surface area contributed by atoms with Gasteiger partial charge in [-0.1, -0.05) is 64.8 Å². The van der Waals surface area contributed by atoms with Crippen molar-refractivity contribution < 1.29 is 5.11 Å². The van der Waals surface area contributed by atoms with E-state index in [2.05, 4.69) is 61.8 Å². The lowest BCUT2D eigenvalue weighted by Crippen LogP contribution is -2.78. The van der Waals surface area contributed by atoms with Crippen LogP contribution >= 0.6 is 0 Å². The van der Waals surface area contributed by atoms with Crippen molar-refractivity contribution in [2.24, 2.45) is 10.8 Å². The fraction of sp³-hybridized carbons (Fsp3) is 0.739. The normalized spacial score (nSPS) is 41.2. The predicted molar refractivity (Wildman–Crippen MR) is 107 cm³/mol. The molecule has 4 aliphatic heterocycles. The van der Waals surface area contributed by atoms with Crippen LogP contribution in [0.4, 0.5) is 0 Å². The maximum atomic E-state index is 11.4. The lowest BCUT2D eigenvalue weighted by atomic mass is 9.56. The van der Waals surface area contributed by atoms with Gasteiger partial charge in [0.05, 0.1) is 12.3 Å². The van der Waals surface area contributed by atoms with Crippen LogP contribution in [-0.2, 0) is 0 Å². The van der Waals surface area contributed by atoms with Gasteiger partial charge in [-0.05, 0) is 29.9 Å². The minimum absolute atomic E-state index is 0.0782. The van der Waals surface area contributed by atoms with Crippen molar-refractivity contribution >= 4 is 0 Å². The van der Waals surface area contributed by atoms with Crippen LogP contribution in [0.2, 0.25) is 0 Å². The summed E-state index contributed by atoms with van der Waals surface area (Å²) in [7, 11) is 0. The first-order valence-corrected chi connectivity index (χ1v) is 10.7. The van der Waals surface area contributed by atoms with Crippen LogP contribution in [-0.4, -0.2) is 47.2 Å². The Kier molecular flexibility index (Phi) is 4.70. The number of hydrogen-bond acceptors (Lipinski definition) is 3. The Labute approximate surface area is 159 Å². The van der Waals surface area contributed by atoms with E-state index < -0.39 is 0 Å². The zero-order valence-electron chi connectivity index (χ0n) is 17.0. The Morgan fingerprint density at radius 1 is 0.923 bits per heavy atom. The molecule has 1 aromatic carbocycles. The highest BCUT2D eigenvalue weighted by Gasteiger charge is 2.64. The number of hydrogen-bond donors (Lipinski definition) is 1. The molecule has 0 radical (unpaired) electrons. The molecular formula is C23H36N2O. The molecule has 0 amide bonds. The summed E-state index contributed by atoms with van der Waals surface area (Å²) >= 11 is 0. The molecule has 1 N–H and O–H groups in total. The minimum Gasteiger partial charge on any atom is -0.392 e. The molecule has 3 nitrogen and oxygen atoms in total. The number of aliphatic hydroxyl groups is 1. The average molecular weight is 357 g/mol. The number of rotatable bonds is 6. The Bertz CT molecular complexity index is 596. The van der Waals surface area contributed by atoms with Crippen LogP contribution in [0.3, 0.4) is 0 Å². The first kappa shape index (κ1) is 18.5. The summed E-state index contributed by atoms with van der Waals surface area (Å²) in [6, 6.07) is 9.31. The topological polar surface area (TPSA) is 26.7 Å². The maximum Gasteiger partial charge on any atom is 0.0887 e. The summed E-state index contributed by atoms with van der Waals surface area (Å²) in [5, 5.41) is 11.4. The Morgan fingerprint density at radius 3 is 1.77 bits per heavy atom. The standard InChI is InChI=1S/C23H36N2O/c1-5-11-22-13-24-15-23(12-6-2,21(22)26)16-25(14-22)20(24)19-9-7-18(8-10-19)17(3)4/h7-10,17,20-21,26H,5-6,11-16H2,1-4H3. The van der Waals surface area contributed by atoms with Crippen LogP contribution in [0.25, 0.3) is 0 Å². The predicted octanol–water partition coefficient (Wildman–Crippen LogP) is 4.39. The molecule has 0 spiro atoms. The fourth-order valence-electron chi connectivity index (χ4n) is 6.46. The molecule has 4 heterocycles. The third-order valence-electron chi connectivity index (χ3n) is 7.32. The van der Waals surface area contributed by atoms with Gasteiger partial charge in [-0.3, -0.25) is 9.80 Å². The van der Waals surface area contributed by atoms with E-state index in [-0.39, 0.29) is 16.9 Å². The second-order valence-electron chi connectivity index (χ2n) is 9.63. The van der Waals surface area contributed by atoms with E-state index in [4.69, 9.17) is 0 Å². The minimum atomic E-state index is -0.133. The van der Waals surface area contributed by atoms with Gasteiger partial charge in [0.1, 0.15) is 0 Å². The highest BCUT2D eigenvalue weighted by atomic mass is 16.3. The molecule has 4 aliphatic rings. The van der Waals surface area contributed by atoms with Gasteiger partial charge in [-0.15, -0.1) is 0 Å². The second kappa shape index (κ2) is 6.61. The highest BCUT2D eigenvalue weighted by Crippen LogP contribution is 2.57. The van der Waals surface area contributed by atoms with Crippen molar-refractivity contribution in [3.63, 3.8) is 0 Å². The Hall–Kier alpha value is -0.900. The lowest BCUT2D eigenvalue weighted by Gasteiger charge is -2.70. The Balaban J connectivity index is 1.66. The van der Waals surface area contributed by atoms with Crippen molar-refractivity contribution in [1.29, 1.82) is 0 Å². The monoisotopic (exact) mass is 356 g/mol. The van der Waals surface area contributed by atoms with Crippen LogP contribution in [0, 0.1) is 10.8 Å². The summed E-state index contributed by atoms with van der Waals surface area (Å²) in [4.78, 5) is 5.38. The Morgan fingerprint density at radius 2 is 1.38 bits per heavy atom. The van der Waals surface area contributed by atoms with Gasteiger partial charge in [-0.25, -0.2) is 0 Å². The zero-order chi connectivity index (χ0) is 18.5. The largest absolute Gasteiger partial charge is 0.392 e. The third kappa shape index (κ3) is 2.66. The van der Waals surface area contributed by atoms with Gasteiger partial charge < -0.3 is 5.11 Å². The van der Waals surface area contributed by atoms with Gasteiger partial charge in [0.25, 0.3) is 0 Å². The van der Waals surface area contributed by atoms with Gasteiger partial charge >= 0.3 is 0 Å². The summed E-state index contributed by atoms with van der Waals surface area (Å²) < 4.78 is 0. The van der Waals surface area contributed by atoms with Crippen molar-refractivity contribution in [1.82, 2.24) is 9.80 Å². The summed E-state index contributed by atoms with van der Waals surface area (Å²) in [5.41, 5.74) is 3.01. The second-order valence-corrected chi connectivity index (χ2v) is 9.63. The van der Waals surface area contributed by atoms with Crippen LogP contribution in [0.1, 0.15) is 76.6 Å². The van der Waals surface area contributed by atoms with Gasteiger partial charge in [0.15, 0.2) is 0 Å². The molecule has 5 rings (SSSR count).